The molecule has 1 atom stereocenters. The minimum absolute atomic E-state index is 0.411. The highest BCUT2D eigenvalue weighted by molar-refractivity contribution is 7.90. The van der Waals surface area contributed by atoms with E-state index in [1.807, 2.05) is 6.92 Å². The SMILES string of the molecule is CCNc1nc(C(C)S(C)(=O)=O)nc2c1CCC2. The molecule has 0 fully saturated rings. The molecule has 1 aromatic rings. The van der Waals surface area contributed by atoms with Crippen molar-refractivity contribution in [3.63, 3.8) is 0 Å². The van der Waals surface area contributed by atoms with Gasteiger partial charge in [-0.05, 0) is 33.1 Å². The van der Waals surface area contributed by atoms with Crippen LogP contribution in [0.5, 0.6) is 0 Å². The molecule has 0 radical (unpaired) electrons. The lowest BCUT2D eigenvalue weighted by molar-refractivity contribution is 0.589. The lowest BCUT2D eigenvalue weighted by atomic mass is 10.2. The summed E-state index contributed by atoms with van der Waals surface area (Å²) in [7, 11) is -3.16. The molecule has 1 aliphatic rings. The van der Waals surface area contributed by atoms with Gasteiger partial charge in [0.1, 0.15) is 16.9 Å². The second-order valence-corrected chi connectivity index (χ2v) is 7.08. The molecule has 0 saturated heterocycles. The Balaban J connectivity index is 2.48. The molecular weight excluding hydrogens is 250 g/mol. The maximum Gasteiger partial charge on any atom is 0.157 e. The van der Waals surface area contributed by atoms with E-state index >= 15 is 0 Å². The third-order valence-corrected chi connectivity index (χ3v) is 4.80. The zero-order chi connectivity index (χ0) is 13.3. The van der Waals surface area contributed by atoms with Crippen molar-refractivity contribution in [2.45, 2.75) is 38.4 Å². The molecule has 0 bridgehead atoms. The predicted octanol–water partition coefficient (Wildman–Crippen LogP) is 1.50. The van der Waals surface area contributed by atoms with Gasteiger partial charge in [-0.2, -0.15) is 0 Å². The standard InChI is InChI=1S/C12H19N3O2S/c1-4-13-12-9-6-5-7-10(9)14-11(15-12)8(2)18(3,16)17/h8H,4-7H2,1-3H3,(H,13,14,15). The maximum atomic E-state index is 11.6. The first-order valence-electron chi connectivity index (χ1n) is 6.26. The van der Waals surface area contributed by atoms with E-state index in [0.29, 0.717) is 5.82 Å². The van der Waals surface area contributed by atoms with E-state index < -0.39 is 15.1 Å². The fraction of sp³-hybridized carbons (Fsp3) is 0.667. The Morgan fingerprint density at radius 2 is 2.06 bits per heavy atom. The molecule has 0 aromatic carbocycles. The van der Waals surface area contributed by atoms with Crippen LogP contribution in [0.2, 0.25) is 0 Å². The zero-order valence-corrected chi connectivity index (χ0v) is 11.8. The molecule has 6 heteroatoms. The van der Waals surface area contributed by atoms with Crippen molar-refractivity contribution in [2.75, 3.05) is 18.1 Å². The highest BCUT2D eigenvalue weighted by atomic mass is 32.2. The first-order valence-corrected chi connectivity index (χ1v) is 8.21. The molecule has 2 rings (SSSR count). The number of nitrogens with zero attached hydrogens (tertiary/aromatic N) is 2. The van der Waals surface area contributed by atoms with E-state index in [9.17, 15) is 8.42 Å². The Bertz CT molecular complexity index is 555. The number of rotatable bonds is 4. The zero-order valence-electron chi connectivity index (χ0n) is 11.0. The van der Waals surface area contributed by atoms with Crippen LogP contribution in [0.15, 0.2) is 0 Å². The van der Waals surface area contributed by atoms with Gasteiger partial charge in [-0.3, -0.25) is 0 Å². The van der Waals surface area contributed by atoms with Crippen LogP contribution in [0.1, 0.15) is 42.6 Å². The van der Waals surface area contributed by atoms with Gasteiger partial charge in [0, 0.05) is 24.1 Å². The molecule has 1 N–H and O–H groups in total. The number of hydrogen-bond acceptors (Lipinski definition) is 5. The van der Waals surface area contributed by atoms with Gasteiger partial charge in [-0.15, -0.1) is 0 Å². The Kier molecular flexibility index (Phi) is 3.56. The van der Waals surface area contributed by atoms with Crippen LogP contribution < -0.4 is 5.32 Å². The molecular formula is C12H19N3O2S. The van der Waals surface area contributed by atoms with Crippen molar-refractivity contribution in [1.29, 1.82) is 0 Å². The third-order valence-electron chi connectivity index (χ3n) is 3.30. The third kappa shape index (κ3) is 2.48. The van der Waals surface area contributed by atoms with Crippen LogP contribution in [0.3, 0.4) is 0 Å². The molecule has 18 heavy (non-hydrogen) atoms. The lowest BCUT2D eigenvalue weighted by Gasteiger charge is -2.14. The summed E-state index contributed by atoms with van der Waals surface area (Å²) in [5.41, 5.74) is 2.16. The minimum atomic E-state index is -3.16. The number of nitrogens with one attached hydrogen (secondary N) is 1. The summed E-state index contributed by atoms with van der Waals surface area (Å²) in [5.74, 6) is 1.22. The van der Waals surface area contributed by atoms with E-state index in [2.05, 4.69) is 15.3 Å². The maximum absolute atomic E-state index is 11.6. The summed E-state index contributed by atoms with van der Waals surface area (Å²) < 4.78 is 23.2. The molecule has 100 valence electrons. The molecule has 1 aliphatic carbocycles. The highest BCUT2D eigenvalue weighted by Crippen LogP contribution is 2.29. The molecule has 1 unspecified atom stereocenters. The summed E-state index contributed by atoms with van der Waals surface area (Å²) in [6.45, 7) is 4.42. The lowest BCUT2D eigenvalue weighted by Crippen LogP contribution is -2.15. The van der Waals surface area contributed by atoms with Gasteiger partial charge in [0.2, 0.25) is 0 Å². The summed E-state index contributed by atoms with van der Waals surface area (Å²) in [6.07, 6.45) is 4.19. The Morgan fingerprint density at radius 3 is 2.67 bits per heavy atom. The van der Waals surface area contributed by atoms with Crippen LogP contribution in [0, 0.1) is 0 Å². The number of aryl methyl sites for hydroxylation is 1. The number of anilines is 1. The molecule has 0 saturated carbocycles. The van der Waals surface area contributed by atoms with Crippen LogP contribution in [-0.2, 0) is 22.7 Å². The van der Waals surface area contributed by atoms with E-state index in [0.717, 1.165) is 42.9 Å². The quantitative estimate of drug-likeness (QED) is 0.897. The molecule has 1 heterocycles. The van der Waals surface area contributed by atoms with E-state index in [4.69, 9.17) is 0 Å². The number of aromatic nitrogens is 2. The van der Waals surface area contributed by atoms with E-state index in [1.165, 1.54) is 6.26 Å². The molecule has 1 aromatic heterocycles. The van der Waals surface area contributed by atoms with Crippen LogP contribution in [0.4, 0.5) is 5.82 Å². The Morgan fingerprint density at radius 1 is 1.33 bits per heavy atom. The van der Waals surface area contributed by atoms with Crippen molar-refractivity contribution in [3.05, 3.63) is 17.1 Å². The van der Waals surface area contributed by atoms with Crippen molar-refractivity contribution >= 4 is 15.7 Å². The first kappa shape index (κ1) is 13.3. The van der Waals surface area contributed by atoms with Crippen LogP contribution >= 0.6 is 0 Å². The molecule has 0 aliphatic heterocycles. The Hall–Kier alpha value is -1.17. The van der Waals surface area contributed by atoms with E-state index in [1.54, 1.807) is 6.92 Å². The normalized spacial score (nSPS) is 16.4. The number of sulfone groups is 1. The molecule has 0 amide bonds. The second kappa shape index (κ2) is 4.84. The van der Waals surface area contributed by atoms with Crippen molar-refractivity contribution in [2.24, 2.45) is 0 Å². The number of hydrogen-bond donors (Lipinski definition) is 1. The van der Waals surface area contributed by atoms with Gasteiger partial charge in [-0.25, -0.2) is 18.4 Å². The number of fused-ring (bicyclic) bond motifs is 1. The fourth-order valence-corrected chi connectivity index (χ4v) is 2.63. The van der Waals surface area contributed by atoms with Crippen molar-refractivity contribution in [3.8, 4) is 0 Å². The largest absolute Gasteiger partial charge is 0.370 e. The highest BCUT2D eigenvalue weighted by Gasteiger charge is 2.25. The van der Waals surface area contributed by atoms with Crippen molar-refractivity contribution in [1.82, 2.24) is 9.97 Å². The smallest absolute Gasteiger partial charge is 0.157 e. The second-order valence-electron chi connectivity index (χ2n) is 4.71. The predicted molar refractivity (Wildman–Crippen MR) is 71.5 cm³/mol. The monoisotopic (exact) mass is 269 g/mol. The average molecular weight is 269 g/mol. The summed E-state index contributed by atoms with van der Waals surface area (Å²) in [4.78, 5) is 8.83. The summed E-state index contributed by atoms with van der Waals surface area (Å²) in [5, 5.41) is 2.56. The van der Waals surface area contributed by atoms with Crippen LogP contribution in [-0.4, -0.2) is 31.2 Å². The van der Waals surface area contributed by atoms with Gasteiger partial charge < -0.3 is 5.32 Å². The molecule has 0 spiro atoms. The fourth-order valence-electron chi connectivity index (χ4n) is 2.14. The first-order chi connectivity index (χ1) is 8.43. The topological polar surface area (TPSA) is 72.0 Å². The van der Waals surface area contributed by atoms with Crippen LogP contribution in [0.25, 0.3) is 0 Å². The van der Waals surface area contributed by atoms with Gasteiger partial charge in [-0.1, -0.05) is 0 Å². The molecule has 5 nitrogen and oxygen atoms in total. The van der Waals surface area contributed by atoms with Gasteiger partial charge in [0.05, 0.1) is 0 Å². The van der Waals surface area contributed by atoms with Gasteiger partial charge >= 0.3 is 0 Å². The average Bonchev–Trinajstić information content (AvgIpc) is 2.75. The minimum Gasteiger partial charge on any atom is -0.370 e. The van der Waals surface area contributed by atoms with Gasteiger partial charge in [0.25, 0.3) is 0 Å². The van der Waals surface area contributed by atoms with Gasteiger partial charge in [0.15, 0.2) is 9.84 Å². The van der Waals surface area contributed by atoms with Crippen molar-refractivity contribution < 1.29 is 8.42 Å². The Labute approximate surface area is 108 Å². The van der Waals surface area contributed by atoms with E-state index in [-0.39, 0.29) is 0 Å². The summed E-state index contributed by atoms with van der Waals surface area (Å²) >= 11 is 0. The summed E-state index contributed by atoms with van der Waals surface area (Å²) in [6, 6.07) is 0.